The van der Waals surface area contributed by atoms with Crippen molar-refractivity contribution in [3.8, 4) is 0 Å². The number of halogens is 4. The highest BCUT2D eigenvalue weighted by Crippen LogP contribution is 2.40. The number of nitrogens with zero attached hydrogens (tertiary/aromatic N) is 1. The quantitative estimate of drug-likeness (QED) is 0.615. The van der Waals surface area contributed by atoms with Gasteiger partial charge in [0, 0.05) is 17.1 Å². The fraction of sp³-hybridized carbons (Fsp3) is 0.0526. The Morgan fingerprint density at radius 1 is 1.00 bits per heavy atom. The van der Waals surface area contributed by atoms with E-state index < -0.39 is 17.5 Å². The zero-order chi connectivity index (χ0) is 17.4. The summed E-state index contributed by atoms with van der Waals surface area (Å²) in [6.45, 7) is 3.65. The molecule has 0 amide bonds. The van der Waals surface area contributed by atoms with E-state index in [1.807, 2.05) is 6.07 Å². The Hall–Kier alpha value is -2.27. The van der Waals surface area contributed by atoms with E-state index >= 15 is 0 Å². The third-order valence-electron chi connectivity index (χ3n) is 3.87. The van der Waals surface area contributed by atoms with Gasteiger partial charge in [0.25, 0.3) is 0 Å². The number of likely N-dealkylation sites (N-methyl/N-ethyl adjacent to an activating group) is 1. The van der Waals surface area contributed by atoms with Crippen molar-refractivity contribution in [3.05, 3.63) is 93.9 Å². The number of rotatable bonds is 2. The molecule has 3 rings (SSSR count). The predicted molar refractivity (Wildman–Crippen MR) is 93.4 cm³/mol. The molecule has 1 nitrogen and oxygen atoms in total. The van der Waals surface area contributed by atoms with Crippen molar-refractivity contribution >= 4 is 27.2 Å². The van der Waals surface area contributed by atoms with Gasteiger partial charge in [0.05, 0.1) is 17.0 Å². The minimum atomic E-state index is -0.735. The van der Waals surface area contributed by atoms with Gasteiger partial charge >= 0.3 is 0 Å². The van der Waals surface area contributed by atoms with Crippen LogP contribution in [0.3, 0.4) is 0 Å². The van der Waals surface area contributed by atoms with Gasteiger partial charge < -0.3 is 4.90 Å². The largest absolute Gasteiger partial charge is 0.342 e. The first-order valence-corrected chi connectivity index (χ1v) is 7.94. The molecule has 0 unspecified atom stereocenters. The van der Waals surface area contributed by atoms with Crippen molar-refractivity contribution in [1.82, 2.24) is 4.90 Å². The molecule has 1 aliphatic rings. The Morgan fingerprint density at radius 2 is 1.58 bits per heavy atom. The van der Waals surface area contributed by atoms with E-state index in [0.717, 1.165) is 0 Å². The van der Waals surface area contributed by atoms with Gasteiger partial charge in [-0.15, -0.1) is 0 Å². The van der Waals surface area contributed by atoms with Crippen LogP contribution in [-0.4, -0.2) is 11.9 Å². The van der Waals surface area contributed by atoms with Gasteiger partial charge in [0.1, 0.15) is 17.5 Å². The highest BCUT2D eigenvalue weighted by Gasteiger charge is 2.28. The maximum absolute atomic E-state index is 14.5. The standard InChI is InChI=1S/C19H13BrF3N/c1-11-15(21)10-14(12-6-4-3-5-7-12)19(24(11)2)18-16(22)8-13(20)9-17(18)23/h3-10H,1H2,2H3. The average molecular weight is 392 g/mol. The van der Waals surface area contributed by atoms with E-state index in [1.165, 1.54) is 30.2 Å². The molecule has 0 atom stereocenters. The molecule has 1 heterocycles. The SMILES string of the molecule is C=C1C(F)=CC(c2ccccc2)=C(c2c(F)cc(Br)cc2F)N1C. The topological polar surface area (TPSA) is 3.24 Å². The first-order valence-electron chi connectivity index (χ1n) is 7.15. The van der Waals surface area contributed by atoms with Crippen molar-refractivity contribution in [1.29, 1.82) is 0 Å². The van der Waals surface area contributed by atoms with Gasteiger partial charge in [0.15, 0.2) is 0 Å². The second kappa shape index (κ2) is 6.32. The van der Waals surface area contributed by atoms with Gasteiger partial charge in [0.2, 0.25) is 0 Å². The number of benzene rings is 2. The summed E-state index contributed by atoms with van der Waals surface area (Å²) >= 11 is 3.07. The Kier molecular flexibility index (Phi) is 4.37. The molecular formula is C19H13BrF3N. The minimum Gasteiger partial charge on any atom is -0.342 e. The van der Waals surface area contributed by atoms with Crippen LogP contribution in [0.15, 0.2) is 71.1 Å². The number of hydrogen-bond acceptors (Lipinski definition) is 1. The molecular weight excluding hydrogens is 379 g/mol. The molecule has 0 radical (unpaired) electrons. The summed E-state index contributed by atoms with van der Waals surface area (Å²) in [6, 6.07) is 11.3. The fourth-order valence-corrected chi connectivity index (χ4v) is 3.06. The maximum Gasteiger partial charge on any atom is 0.146 e. The molecule has 2 aromatic rings. The van der Waals surface area contributed by atoms with Gasteiger partial charge in [-0.2, -0.15) is 0 Å². The van der Waals surface area contributed by atoms with Crippen LogP contribution in [-0.2, 0) is 0 Å². The van der Waals surface area contributed by atoms with Crippen LogP contribution in [0.5, 0.6) is 0 Å². The van der Waals surface area contributed by atoms with Crippen LogP contribution in [0.4, 0.5) is 13.2 Å². The van der Waals surface area contributed by atoms with Crippen molar-refractivity contribution < 1.29 is 13.2 Å². The molecule has 0 saturated heterocycles. The molecule has 0 saturated carbocycles. The van der Waals surface area contributed by atoms with E-state index in [0.29, 0.717) is 15.6 Å². The number of hydrogen-bond donors (Lipinski definition) is 0. The fourth-order valence-electron chi connectivity index (χ4n) is 2.66. The lowest BCUT2D eigenvalue weighted by molar-refractivity contribution is 0.513. The van der Waals surface area contributed by atoms with Crippen molar-refractivity contribution in [2.24, 2.45) is 0 Å². The summed E-state index contributed by atoms with van der Waals surface area (Å²) in [5, 5.41) is 0. The summed E-state index contributed by atoms with van der Waals surface area (Å²) in [7, 11) is 1.54. The Labute approximate surface area is 146 Å². The van der Waals surface area contributed by atoms with Gasteiger partial charge in [-0.25, -0.2) is 13.2 Å². The van der Waals surface area contributed by atoms with E-state index in [-0.39, 0.29) is 17.0 Å². The number of allylic oxidation sites excluding steroid dienone is 3. The van der Waals surface area contributed by atoms with E-state index in [1.54, 1.807) is 24.3 Å². The van der Waals surface area contributed by atoms with Crippen molar-refractivity contribution in [2.75, 3.05) is 7.05 Å². The lowest BCUT2D eigenvalue weighted by atomic mass is 9.94. The van der Waals surface area contributed by atoms with Gasteiger partial charge in [-0.3, -0.25) is 0 Å². The molecule has 0 spiro atoms. The molecule has 122 valence electrons. The highest BCUT2D eigenvalue weighted by atomic mass is 79.9. The van der Waals surface area contributed by atoms with E-state index in [2.05, 4.69) is 22.5 Å². The second-order valence-electron chi connectivity index (χ2n) is 5.37. The molecule has 0 aliphatic carbocycles. The van der Waals surface area contributed by atoms with E-state index in [9.17, 15) is 13.2 Å². The summed E-state index contributed by atoms with van der Waals surface area (Å²) < 4.78 is 43.5. The predicted octanol–water partition coefficient (Wildman–Crippen LogP) is 5.91. The van der Waals surface area contributed by atoms with Gasteiger partial charge in [-0.05, 0) is 23.8 Å². The lowest BCUT2D eigenvalue weighted by Crippen LogP contribution is -2.22. The van der Waals surface area contributed by atoms with Crippen LogP contribution in [0.2, 0.25) is 0 Å². The minimum absolute atomic E-state index is 0.0476. The van der Waals surface area contributed by atoms with Crippen LogP contribution in [0, 0.1) is 11.6 Å². The zero-order valence-corrected chi connectivity index (χ0v) is 14.4. The molecule has 0 bridgehead atoms. The Balaban J connectivity index is 2.36. The smallest absolute Gasteiger partial charge is 0.146 e. The van der Waals surface area contributed by atoms with E-state index in [4.69, 9.17) is 0 Å². The first-order chi connectivity index (χ1) is 11.4. The summed E-state index contributed by atoms with van der Waals surface area (Å²) in [5.41, 5.74) is 1.11. The summed E-state index contributed by atoms with van der Waals surface area (Å²) in [5.74, 6) is -2.01. The lowest BCUT2D eigenvalue weighted by Gasteiger charge is -2.30. The van der Waals surface area contributed by atoms with Crippen LogP contribution >= 0.6 is 15.9 Å². The maximum atomic E-state index is 14.5. The average Bonchev–Trinajstić information content (AvgIpc) is 2.54. The van der Waals surface area contributed by atoms with Crippen LogP contribution < -0.4 is 0 Å². The molecule has 24 heavy (non-hydrogen) atoms. The highest BCUT2D eigenvalue weighted by molar-refractivity contribution is 9.10. The van der Waals surface area contributed by atoms with Crippen molar-refractivity contribution in [2.45, 2.75) is 0 Å². The summed E-state index contributed by atoms with van der Waals surface area (Å²) in [6.07, 6.45) is 1.26. The zero-order valence-electron chi connectivity index (χ0n) is 12.8. The molecule has 0 N–H and O–H groups in total. The second-order valence-corrected chi connectivity index (χ2v) is 6.29. The Morgan fingerprint density at radius 3 is 2.17 bits per heavy atom. The molecule has 0 aromatic heterocycles. The molecule has 0 fully saturated rings. The normalized spacial score (nSPS) is 15.0. The Bertz CT molecular complexity index is 862. The molecule has 5 heteroatoms. The van der Waals surface area contributed by atoms with Crippen LogP contribution in [0.25, 0.3) is 11.3 Å². The molecule has 1 aliphatic heterocycles. The third kappa shape index (κ3) is 2.80. The van der Waals surface area contributed by atoms with Gasteiger partial charge in [-0.1, -0.05) is 52.8 Å². The third-order valence-corrected chi connectivity index (χ3v) is 4.33. The monoisotopic (exact) mass is 391 g/mol. The van der Waals surface area contributed by atoms with Crippen molar-refractivity contribution in [3.63, 3.8) is 0 Å². The molecule has 2 aromatic carbocycles. The first kappa shape index (κ1) is 16.6. The summed E-state index contributed by atoms with van der Waals surface area (Å²) in [4.78, 5) is 1.37. The van der Waals surface area contributed by atoms with Crippen LogP contribution in [0.1, 0.15) is 11.1 Å².